The van der Waals surface area contributed by atoms with Gasteiger partial charge in [-0.15, -0.1) is 0 Å². The Morgan fingerprint density at radius 3 is 2.50 bits per heavy atom. The molecule has 1 N–H and O–H groups in total. The lowest BCUT2D eigenvalue weighted by Crippen LogP contribution is -2.20. The molecule has 1 amide bonds. The monoisotopic (exact) mass is 362 g/mol. The molecule has 126 valence electrons. The highest BCUT2D eigenvalue weighted by Crippen LogP contribution is 2.20. The summed E-state index contributed by atoms with van der Waals surface area (Å²) in [5, 5.41) is 5.13. The van der Waals surface area contributed by atoms with Crippen LogP contribution in [0.2, 0.25) is 10.0 Å². The molecule has 0 spiro atoms. The highest BCUT2D eigenvalue weighted by molar-refractivity contribution is 6.36. The lowest BCUT2D eigenvalue weighted by molar-refractivity contribution is 0.0955. The predicted octanol–water partition coefficient (Wildman–Crippen LogP) is 5.71. The molecule has 0 fully saturated rings. The van der Waals surface area contributed by atoms with E-state index in [4.69, 9.17) is 23.2 Å². The van der Waals surface area contributed by atoms with E-state index in [-0.39, 0.29) is 5.91 Å². The molecular weight excluding hydrogens is 343 g/mol. The average molecular weight is 363 g/mol. The van der Waals surface area contributed by atoms with Crippen molar-refractivity contribution < 1.29 is 4.79 Å². The summed E-state index contributed by atoms with van der Waals surface area (Å²) >= 11 is 11.9. The SMILES string of the molecule is CCCCCC(=NNC(=O)c1ccc(Cl)cc1Cl)c1ccccc1. The van der Waals surface area contributed by atoms with Crippen LogP contribution in [0.3, 0.4) is 0 Å². The van der Waals surface area contributed by atoms with Gasteiger partial charge in [0.1, 0.15) is 0 Å². The molecule has 3 nitrogen and oxygen atoms in total. The molecule has 2 aromatic carbocycles. The number of carbonyl (C=O) groups excluding carboxylic acids is 1. The number of rotatable bonds is 7. The highest BCUT2D eigenvalue weighted by Gasteiger charge is 2.11. The smallest absolute Gasteiger partial charge is 0.267 e. The van der Waals surface area contributed by atoms with Crippen molar-refractivity contribution in [2.24, 2.45) is 5.10 Å². The largest absolute Gasteiger partial charge is 0.272 e. The molecule has 0 aromatic heterocycles. The van der Waals surface area contributed by atoms with Crippen molar-refractivity contribution in [2.45, 2.75) is 32.6 Å². The Labute approximate surface area is 152 Å². The van der Waals surface area contributed by atoms with Crippen molar-refractivity contribution in [3.63, 3.8) is 0 Å². The van der Waals surface area contributed by atoms with Crippen LogP contribution in [-0.2, 0) is 0 Å². The number of unbranched alkanes of at least 4 members (excludes halogenated alkanes) is 2. The summed E-state index contributed by atoms with van der Waals surface area (Å²) in [5.74, 6) is -0.347. The van der Waals surface area contributed by atoms with Gasteiger partial charge in [-0.1, -0.05) is 73.3 Å². The van der Waals surface area contributed by atoms with Crippen molar-refractivity contribution in [2.75, 3.05) is 0 Å². The molecule has 2 aromatic rings. The third-order valence-corrected chi connectivity index (χ3v) is 4.14. The van der Waals surface area contributed by atoms with Crippen LogP contribution < -0.4 is 5.43 Å². The third kappa shape index (κ3) is 5.36. The molecular formula is C19H20Cl2N2O. The van der Waals surface area contributed by atoms with Gasteiger partial charge in [-0.25, -0.2) is 5.43 Å². The minimum atomic E-state index is -0.347. The first-order chi connectivity index (χ1) is 11.6. The lowest BCUT2D eigenvalue weighted by Gasteiger charge is -2.08. The van der Waals surface area contributed by atoms with Gasteiger partial charge >= 0.3 is 0 Å². The number of hydrogen-bond acceptors (Lipinski definition) is 2. The number of carbonyl (C=O) groups is 1. The molecule has 0 saturated heterocycles. The van der Waals surface area contributed by atoms with E-state index in [1.165, 1.54) is 0 Å². The molecule has 0 radical (unpaired) electrons. The Morgan fingerprint density at radius 2 is 1.83 bits per heavy atom. The maximum atomic E-state index is 12.3. The fourth-order valence-corrected chi connectivity index (χ4v) is 2.78. The molecule has 2 rings (SSSR count). The Kier molecular flexibility index (Phi) is 7.29. The number of benzene rings is 2. The molecule has 0 aliphatic heterocycles. The summed E-state index contributed by atoms with van der Waals surface area (Å²) in [6, 6.07) is 14.6. The minimum Gasteiger partial charge on any atom is -0.267 e. The molecule has 0 unspecified atom stereocenters. The van der Waals surface area contributed by atoms with E-state index >= 15 is 0 Å². The van der Waals surface area contributed by atoms with Gasteiger partial charge in [0.15, 0.2) is 0 Å². The zero-order valence-corrected chi connectivity index (χ0v) is 15.1. The number of halogens is 2. The van der Waals surface area contributed by atoms with Crippen LogP contribution in [0.1, 0.15) is 48.5 Å². The summed E-state index contributed by atoms with van der Waals surface area (Å²) in [4.78, 5) is 12.3. The van der Waals surface area contributed by atoms with Gasteiger partial charge in [-0.3, -0.25) is 4.79 Å². The molecule has 0 heterocycles. The first kappa shape index (κ1) is 18.5. The molecule has 0 bridgehead atoms. The molecule has 5 heteroatoms. The van der Waals surface area contributed by atoms with Crippen molar-refractivity contribution in [1.82, 2.24) is 5.43 Å². The van der Waals surface area contributed by atoms with Crippen molar-refractivity contribution in [3.05, 3.63) is 69.7 Å². The molecule has 0 atom stereocenters. The van der Waals surface area contributed by atoms with E-state index in [0.717, 1.165) is 37.0 Å². The van der Waals surface area contributed by atoms with Crippen LogP contribution in [0.4, 0.5) is 0 Å². The highest BCUT2D eigenvalue weighted by atomic mass is 35.5. The summed E-state index contributed by atoms with van der Waals surface area (Å²) in [6.45, 7) is 2.16. The first-order valence-corrected chi connectivity index (χ1v) is 8.74. The Morgan fingerprint density at radius 1 is 1.08 bits per heavy atom. The van der Waals surface area contributed by atoms with Crippen LogP contribution in [0.15, 0.2) is 53.6 Å². The van der Waals surface area contributed by atoms with Crippen LogP contribution in [-0.4, -0.2) is 11.6 Å². The zero-order valence-electron chi connectivity index (χ0n) is 13.6. The average Bonchev–Trinajstić information content (AvgIpc) is 2.58. The van der Waals surface area contributed by atoms with Gasteiger partial charge in [-0.2, -0.15) is 5.10 Å². The van der Waals surface area contributed by atoms with Gasteiger partial charge in [-0.05, 0) is 36.6 Å². The summed E-state index contributed by atoms with van der Waals surface area (Å²) < 4.78 is 0. The fourth-order valence-electron chi connectivity index (χ4n) is 2.29. The molecule has 24 heavy (non-hydrogen) atoms. The first-order valence-electron chi connectivity index (χ1n) is 7.99. The van der Waals surface area contributed by atoms with E-state index in [2.05, 4.69) is 17.5 Å². The van der Waals surface area contributed by atoms with Gasteiger partial charge in [0.2, 0.25) is 0 Å². The van der Waals surface area contributed by atoms with E-state index in [1.54, 1.807) is 18.2 Å². The van der Waals surface area contributed by atoms with Gasteiger partial charge in [0, 0.05) is 5.02 Å². The van der Waals surface area contributed by atoms with Gasteiger partial charge in [0.05, 0.1) is 16.3 Å². The predicted molar refractivity (Wildman–Crippen MR) is 101 cm³/mol. The van der Waals surface area contributed by atoms with Crippen molar-refractivity contribution >= 4 is 34.8 Å². The number of nitrogens with zero attached hydrogens (tertiary/aromatic N) is 1. The Balaban J connectivity index is 2.15. The van der Waals surface area contributed by atoms with Gasteiger partial charge in [0.25, 0.3) is 5.91 Å². The van der Waals surface area contributed by atoms with Crippen LogP contribution in [0.25, 0.3) is 0 Å². The molecule has 0 aliphatic rings. The van der Waals surface area contributed by atoms with E-state index in [0.29, 0.717) is 15.6 Å². The van der Waals surface area contributed by atoms with Crippen molar-refractivity contribution in [3.8, 4) is 0 Å². The van der Waals surface area contributed by atoms with Gasteiger partial charge < -0.3 is 0 Å². The number of hydrazone groups is 1. The summed E-state index contributed by atoms with van der Waals surface area (Å²) in [5.41, 5.74) is 4.83. The maximum Gasteiger partial charge on any atom is 0.272 e. The second-order valence-corrected chi connectivity index (χ2v) is 6.29. The quantitative estimate of drug-likeness (QED) is 0.382. The number of nitrogens with one attached hydrogen (secondary N) is 1. The number of amides is 1. The second kappa shape index (κ2) is 9.45. The maximum absolute atomic E-state index is 12.3. The van der Waals surface area contributed by atoms with E-state index in [9.17, 15) is 4.79 Å². The minimum absolute atomic E-state index is 0.308. The Bertz CT molecular complexity index is 715. The lowest BCUT2D eigenvalue weighted by atomic mass is 10.0. The third-order valence-electron chi connectivity index (χ3n) is 3.59. The molecule has 0 aliphatic carbocycles. The topological polar surface area (TPSA) is 41.5 Å². The molecule has 0 saturated carbocycles. The zero-order chi connectivity index (χ0) is 17.4. The van der Waals surface area contributed by atoms with Crippen molar-refractivity contribution in [1.29, 1.82) is 0 Å². The normalized spacial score (nSPS) is 11.4. The second-order valence-electron chi connectivity index (χ2n) is 5.45. The van der Waals surface area contributed by atoms with Crippen LogP contribution >= 0.6 is 23.2 Å². The van der Waals surface area contributed by atoms with E-state index in [1.807, 2.05) is 30.3 Å². The summed E-state index contributed by atoms with van der Waals surface area (Å²) in [6.07, 6.45) is 4.10. The van der Waals surface area contributed by atoms with E-state index < -0.39 is 0 Å². The van der Waals surface area contributed by atoms with Crippen LogP contribution in [0.5, 0.6) is 0 Å². The Hall–Kier alpha value is -1.84. The summed E-state index contributed by atoms with van der Waals surface area (Å²) in [7, 11) is 0. The standard InChI is InChI=1S/C19H20Cl2N2O/c1-2-3-5-10-18(14-8-6-4-7-9-14)22-23-19(24)16-12-11-15(20)13-17(16)21/h4,6-9,11-13H,2-3,5,10H2,1H3,(H,23,24). The fraction of sp³-hybridized carbons (Fsp3) is 0.263. The van der Waals surface area contributed by atoms with Crippen LogP contribution in [0, 0.1) is 0 Å². The number of hydrogen-bond donors (Lipinski definition) is 1.